The molecule has 166 valence electrons. The molecule has 11 nitrogen and oxygen atoms in total. The summed E-state index contributed by atoms with van der Waals surface area (Å²) in [4.78, 5) is 26.4. The van der Waals surface area contributed by atoms with Crippen LogP contribution >= 0.6 is 0 Å². The van der Waals surface area contributed by atoms with E-state index in [1.54, 1.807) is 13.0 Å². The lowest BCUT2D eigenvalue weighted by Crippen LogP contribution is -2.32. The first kappa shape index (κ1) is 22.4. The molecule has 1 aromatic carbocycles. The summed E-state index contributed by atoms with van der Waals surface area (Å²) in [5.41, 5.74) is 10.8. The van der Waals surface area contributed by atoms with Crippen LogP contribution in [0.2, 0.25) is 0 Å². The molecule has 1 unspecified atom stereocenters. The molecule has 1 amide bonds. The van der Waals surface area contributed by atoms with Gasteiger partial charge in [0.15, 0.2) is 5.82 Å². The van der Waals surface area contributed by atoms with Crippen molar-refractivity contribution < 1.29 is 14.3 Å². The number of aromatic amines is 1. The molecule has 0 spiro atoms. The Morgan fingerprint density at radius 3 is 2.59 bits per heavy atom. The molecule has 1 aliphatic rings. The molecule has 0 saturated carbocycles. The zero-order chi connectivity index (χ0) is 23.4. The number of amides is 1. The third-order valence-corrected chi connectivity index (χ3v) is 4.94. The predicted octanol–water partition coefficient (Wildman–Crippen LogP) is 1.07. The first-order chi connectivity index (χ1) is 15.3. The average molecular weight is 436 g/mol. The SMILES string of the molecule is CCOC(=O)C1=C(N/N=C(\C#N)C(N)=O)Nc2n[nH]c(C)c2C1c1ccc(N(C)C)cc1. The van der Waals surface area contributed by atoms with E-state index in [9.17, 15) is 9.59 Å². The quantitative estimate of drug-likeness (QED) is 0.285. The van der Waals surface area contributed by atoms with Crippen molar-refractivity contribution in [3.8, 4) is 6.07 Å². The summed E-state index contributed by atoms with van der Waals surface area (Å²) in [6, 6.07) is 9.35. The lowest BCUT2D eigenvalue weighted by molar-refractivity contribution is -0.138. The third kappa shape index (κ3) is 4.24. The van der Waals surface area contributed by atoms with E-state index in [4.69, 9.17) is 15.7 Å². The van der Waals surface area contributed by atoms with E-state index in [-0.39, 0.29) is 18.0 Å². The number of aromatic nitrogens is 2. The Kier molecular flexibility index (Phi) is 6.44. The van der Waals surface area contributed by atoms with Crippen LogP contribution in [0.15, 0.2) is 40.8 Å². The van der Waals surface area contributed by atoms with Gasteiger partial charge in [0.05, 0.1) is 18.1 Å². The summed E-state index contributed by atoms with van der Waals surface area (Å²) < 4.78 is 5.32. The maximum absolute atomic E-state index is 13.1. The largest absolute Gasteiger partial charge is 0.463 e. The van der Waals surface area contributed by atoms with Gasteiger partial charge in [-0.2, -0.15) is 15.5 Å². The van der Waals surface area contributed by atoms with E-state index in [1.807, 2.05) is 50.2 Å². The number of hydrazone groups is 1. The number of hydrogen-bond donors (Lipinski definition) is 4. The highest BCUT2D eigenvalue weighted by atomic mass is 16.5. The highest BCUT2D eigenvalue weighted by Crippen LogP contribution is 2.42. The maximum Gasteiger partial charge on any atom is 0.338 e. The van der Waals surface area contributed by atoms with Crippen molar-refractivity contribution in [2.24, 2.45) is 10.8 Å². The summed E-state index contributed by atoms with van der Waals surface area (Å²) in [5.74, 6) is -1.51. The second kappa shape index (κ2) is 9.22. The number of nitrogens with two attached hydrogens (primary N) is 1. The summed E-state index contributed by atoms with van der Waals surface area (Å²) in [7, 11) is 3.88. The van der Waals surface area contributed by atoms with Crippen LogP contribution in [-0.2, 0) is 14.3 Å². The molecule has 32 heavy (non-hydrogen) atoms. The first-order valence-electron chi connectivity index (χ1n) is 9.82. The zero-order valence-electron chi connectivity index (χ0n) is 18.2. The molecule has 0 saturated heterocycles. The molecule has 0 aliphatic carbocycles. The minimum atomic E-state index is -0.999. The monoisotopic (exact) mass is 436 g/mol. The van der Waals surface area contributed by atoms with Gasteiger partial charge < -0.3 is 20.7 Å². The number of hydrogen-bond acceptors (Lipinski definition) is 9. The van der Waals surface area contributed by atoms with Crippen molar-refractivity contribution in [3.63, 3.8) is 0 Å². The number of ether oxygens (including phenoxy) is 1. The van der Waals surface area contributed by atoms with E-state index in [0.29, 0.717) is 5.82 Å². The number of fused-ring (bicyclic) bond motifs is 1. The van der Waals surface area contributed by atoms with Crippen LogP contribution < -0.4 is 21.4 Å². The van der Waals surface area contributed by atoms with Crippen LogP contribution in [0.3, 0.4) is 0 Å². The Bertz CT molecular complexity index is 1140. The number of nitriles is 1. The number of primary amides is 1. The molecule has 5 N–H and O–H groups in total. The molecular weight excluding hydrogens is 412 g/mol. The Balaban J connectivity index is 2.19. The van der Waals surface area contributed by atoms with Crippen LogP contribution in [0.5, 0.6) is 0 Å². The Morgan fingerprint density at radius 2 is 2.03 bits per heavy atom. The van der Waals surface area contributed by atoms with Gasteiger partial charge in [0, 0.05) is 31.0 Å². The van der Waals surface area contributed by atoms with Crippen molar-refractivity contribution in [2.75, 3.05) is 30.9 Å². The molecule has 1 atom stereocenters. The van der Waals surface area contributed by atoms with Crippen LogP contribution in [0, 0.1) is 18.3 Å². The van der Waals surface area contributed by atoms with Crippen LogP contribution in [0.4, 0.5) is 11.5 Å². The standard InChI is InChI=1S/C21H24N8O3/c1-5-32-21(31)17-16(12-6-8-13(9-7-12)29(3)4)15-11(2)25-27-19(15)24-20(17)28-26-14(10-22)18(23)30/h6-9,16,28H,5H2,1-4H3,(H2,23,30)(H2,24,25,27)/b26-14+. The topological polar surface area (TPSA) is 162 Å². The Labute approximate surface area is 184 Å². The number of H-pyrrole nitrogens is 1. The second-order valence-electron chi connectivity index (χ2n) is 7.21. The van der Waals surface area contributed by atoms with Crippen molar-refractivity contribution in [1.29, 1.82) is 5.26 Å². The number of rotatable bonds is 7. The van der Waals surface area contributed by atoms with Gasteiger partial charge in [-0.3, -0.25) is 15.3 Å². The number of anilines is 2. The normalized spacial score (nSPS) is 15.3. The molecule has 0 bridgehead atoms. The van der Waals surface area contributed by atoms with Crippen LogP contribution in [-0.4, -0.2) is 48.5 Å². The minimum Gasteiger partial charge on any atom is -0.463 e. The van der Waals surface area contributed by atoms with Gasteiger partial charge in [0.1, 0.15) is 11.9 Å². The van der Waals surface area contributed by atoms with Crippen LogP contribution in [0.1, 0.15) is 29.7 Å². The van der Waals surface area contributed by atoms with Gasteiger partial charge in [-0.05, 0) is 31.5 Å². The van der Waals surface area contributed by atoms with Crippen molar-refractivity contribution in [2.45, 2.75) is 19.8 Å². The number of carbonyl (C=O) groups excluding carboxylic acids is 2. The summed E-state index contributed by atoms with van der Waals surface area (Å²) >= 11 is 0. The minimum absolute atomic E-state index is 0.137. The molecule has 1 aromatic heterocycles. The molecular formula is C21H24N8O3. The molecule has 0 fully saturated rings. The fourth-order valence-electron chi connectivity index (χ4n) is 3.42. The van der Waals surface area contributed by atoms with Gasteiger partial charge >= 0.3 is 5.97 Å². The molecule has 2 aromatic rings. The highest BCUT2D eigenvalue weighted by Gasteiger charge is 2.37. The van der Waals surface area contributed by atoms with E-state index in [1.165, 1.54) is 0 Å². The number of carbonyl (C=O) groups is 2. The van der Waals surface area contributed by atoms with E-state index >= 15 is 0 Å². The summed E-state index contributed by atoms with van der Waals surface area (Å²) in [6.07, 6.45) is 0. The van der Waals surface area contributed by atoms with Crippen molar-refractivity contribution in [3.05, 3.63) is 52.5 Å². The number of benzene rings is 1. The fraction of sp³-hybridized carbons (Fsp3) is 0.286. The van der Waals surface area contributed by atoms with Crippen molar-refractivity contribution in [1.82, 2.24) is 15.6 Å². The second-order valence-corrected chi connectivity index (χ2v) is 7.21. The van der Waals surface area contributed by atoms with Crippen LogP contribution in [0.25, 0.3) is 0 Å². The molecule has 1 aliphatic heterocycles. The van der Waals surface area contributed by atoms with Gasteiger partial charge in [-0.1, -0.05) is 12.1 Å². The molecule has 0 radical (unpaired) electrons. The maximum atomic E-state index is 13.1. The Hall–Kier alpha value is -4.33. The highest BCUT2D eigenvalue weighted by molar-refractivity contribution is 6.44. The zero-order valence-corrected chi connectivity index (χ0v) is 18.2. The smallest absolute Gasteiger partial charge is 0.338 e. The summed E-state index contributed by atoms with van der Waals surface area (Å²) in [5, 5.41) is 23.0. The van der Waals surface area contributed by atoms with Gasteiger partial charge in [-0.15, -0.1) is 0 Å². The number of aryl methyl sites for hydroxylation is 1. The lowest BCUT2D eigenvalue weighted by atomic mass is 9.82. The lowest BCUT2D eigenvalue weighted by Gasteiger charge is -2.28. The average Bonchev–Trinajstić information content (AvgIpc) is 3.13. The van der Waals surface area contributed by atoms with Gasteiger partial charge in [0.25, 0.3) is 5.91 Å². The van der Waals surface area contributed by atoms with E-state index < -0.39 is 23.5 Å². The number of esters is 1. The van der Waals surface area contributed by atoms with E-state index in [2.05, 4.69) is 26.0 Å². The number of nitrogens with one attached hydrogen (secondary N) is 3. The number of nitrogens with zero attached hydrogens (tertiary/aromatic N) is 4. The molecule has 3 rings (SSSR count). The Morgan fingerprint density at radius 1 is 1.34 bits per heavy atom. The fourth-order valence-corrected chi connectivity index (χ4v) is 3.42. The van der Waals surface area contributed by atoms with Crippen molar-refractivity contribution >= 4 is 29.1 Å². The molecule has 2 heterocycles. The first-order valence-corrected chi connectivity index (χ1v) is 9.82. The van der Waals surface area contributed by atoms with Gasteiger partial charge in [-0.25, -0.2) is 4.79 Å². The van der Waals surface area contributed by atoms with Gasteiger partial charge in [0.2, 0.25) is 5.71 Å². The summed E-state index contributed by atoms with van der Waals surface area (Å²) in [6.45, 7) is 3.72. The van der Waals surface area contributed by atoms with E-state index in [0.717, 1.165) is 22.5 Å². The predicted molar refractivity (Wildman–Crippen MR) is 119 cm³/mol. The third-order valence-electron chi connectivity index (χ3n) is 4.94. The molecule has 11 heteroatoms.